The zero-order valence-corrected chi connectivity index (χ0v) is 17.1. The van der Waals surface area contributed by atoms with E-state index in [9.17, 15) is 4.79 Å². The number of benzene rings is 1. The van der Waals surface area contributed by atoms with Crippen LogP contribution in [0.1, 0.15) is 52.4 Å². The highest BCUT2D eigenvalue weighted by Crippen LogP contribution is 2.35. The highest BCUT2D eigenvalue weighted by molar-refractivity contribution is 5.87. The first-order valence-corrected chi connectivity index (χ1v) is 10.3. The summed E-state index contributed by atoms with van der Waals surface area (Å²) < 4.78 is 16.4. The van der Waals surface area contributed by atoms with E-state index >= 15 is 0 Å². The number of allylic oxidation sites excluding steroid dienone is 3. The zero-order chi connectivity index (χ0) is 20.0. The van der Waals surface area contributed by atoms with Crippen molar-refractivity contribution in [2.24, 2.45) is 5.92 Å². The first kappa shape index (κ1) is 21.9. The molecule has 1 aliphatic heterocycles. The smallest absolute Gasteiger partial charge is 0.243 e. The molecule has 1 aliphatic rings. The lowest BCUT2D eigenvalue weighted by Crippen LogP contribution is -2.25. The van der Waals surface area contributed by atoms with Gasteiger partial charge in [-0.15, -0.1) is 0 Å². The van der Waals surface area contributed by atoms with Crippen molar-refractivity contribution in [3.05, 3.63) is 42.5 Å². The molecule has 154 valence electrons. The van der Waals surface area contributed by atoms with E-state index in [4.69, 9.17) is 14.2 Å². The van der Waals surface area contributed by atoms with E-state index < -0.39 is 0 Å². The summed E-state index contributed by atoms with van der Waals surface area (Å²) in [5, 5.41) is 2.86. The first-order valence-electron chi connectivity index (χ1n) is 10.3. The molecular weight excluding hydrogens is 354 g/mol. The van der Waals surface area contributed by atoms with Crippen LogP contribution in [0.15, 0.2) is 42.5 Å². The molecule has 1 aromatic rings. The minimum Gasteiger partial charge on any atom is -0.493 e. The molecular formula is C23H33NO4. The van der Waals surface area contributed by atoms with Crippen molar-refractivity contribution >= 4 is 5.91 Å². The molecule has 5 nitrogen and oxygen atoms in total. The van der Waals surface area contributed by atoms with Gasteiger partial charge in [0.15, 0.2) is 11.5 Å². The van der Waals surface area contributed by atoms with Crippen LogP contribution in [0, 0.1) is 5.92 Å². The molecule has 5 heteroatoms. The number of ether oxygens (including phenoxy) is 3. The molecule has 28 heavy (non-hydrogen) atoms. The summed E-state index contributed by atoms with van der Waals surface area (Å²) in [5.41, 5.74) is 0. The van der Waals surface area contributed by atoms with Crippen molar-refractivity contribution in [1.82, 2.24) is 5.32 Å². The molecule has 0 aliphatic carbocycles. The molecule has 0 saturated heterocycles. The van der Waals surface area contributed by atoms with Crippen LogP contribution >= 0.6 is 0 Å². The van der Waals surface area contributed by atoms with Crippen LogP contribution in [0.3, 0.4) is 0 Å². The molecule has 0 spiro atoms. The third kappa shape index (κ3) is 8.98. The number of nitrogens with one attached hydrogen (secondary N) is 1. The molecule has 0 saturated carbocycles. The number of rotatable bonds is 13. The fraction of sp³-hybridized carbons (Fsp3) is 0.522. The maximum absolute atomic E-state index is 11.5. The SMILES string of the molecule is CC(C)CNC(=O)/C=C/C=C/CCCCCCCOc1ccc2c(c1)OCO2. The summed E-state index contributed by atoms with van der Waals surface area (Å²) in [6.07, 6.45) is 14.3. The predicted molar refractivity (Wildman–Crippen MR) is 112 cm³/mol. The summed E-state index contributed by atoms with van der Waals surface area (Å²) in [5.74, 6) is 2.83. The lowest BCUT2D eigenvalue weighted by molar-refractivity contribution is -0.116. The fourth-order valence-electron chi connectivity index (χ4n) is 2.73. The zero-order valence-electron chi connectivity index (χ0n) is 17.1. The van der Waals surface area contributed by atoms with Gasteiger partial charge < -0.3 is 19.5 Å². The van der Waals surface area contributed by atoms with Crippen molar-refractivity contribution in [2.45, 2.75) is 52.4 Å². The molecule has 0 fully saturated rings. The van der Waals surface area contributed by atoms with E-state index in [1.54, 1.807) is 6.08 Å². The Morgan fingerprint density at radius 2 is 1.89 bits per heavy atom. The van der Waals surface area contributed by atoms with Gasteiger partial charge in [-0.05, 0) is 37.3 Å². The van der Waals surface area contributed by atoms with Gasteiger partial charge in [0.25, 0.3) is 0 Å². The minimum atomic E-state index is -0.0266. The number of hydrogen-bond donors (Lipinski definition) is 1. The number of hydrogen-bond acceptors (Lipinski definition) is 4. The second kappa shape index (κ2) is 12.9. The molecule has 1 heterocycles. The van der Waals surface area contributed by atoms with E-state index in [2.05, 4.69) is 25.2 Å². The van der Waals surface area contributed by atoms with Crippen molar-refractivity contribution in [2.75, 3.05) is 19.9 Å². The highest BCUT2D eigenvalue weighted by atomic mass is 16.7. The second-order valence-electron chi connectivity index (χ2n) is 7.35. The Labute approximate surface area is 168 Å². The lowest BCUT2D eigenvalue weighted by atomic mass is 10.1. The Morgan fingerprint density at radius 3 is 2.75 bits per heavy atom. The summed E-state index contributed by atoms with van der Waals surface area (Å²) in [7, 11) is 0. The van der Waals surface area contributed by atoms with Crippen molar-refractivity contribution in [3.63, 3.8) is 0 Å². The lowest BCUT2D eigenvalue weighted by Gasteiger charge is -2.06. The second-order valence-corrected chi connectivity index (χ2v) is 7.35. The largest absolute Gasteiger partial charge is 0.493 e. The van der Waals surface area contributed by atoms with Crippen molar-refractivity contribution < 1.29 is 19.0 Å². The maximum Gasteiger partial charge on any atom is 0.243 e. The monoisotopic (exact) mass is 387 g/mol. The maximum atomic E-state index is 11.5. The van der Waals surface area contributed by atoms with Gasteiger partial charge in [0.05, 0.1) is 6.61 Å². The quantitative estimate of drug-likeness (QED) is 0.293. The summed E-state index contributed by atoms with van der Waals surface area (Å²) >= 11 is 0. The molecule has 0 unspecified atom stereocenters. The Bertz CT molecular complexity index is 652. The fourth-order valence-corrected chi connectivity index (χ4v) is 2.73. The average Bonchev–Trinajstić information content (AvgIpc) is 3.15. The minimum absolute atomic E-state index is 0.0266. The van der Waals surface area contributed by atoms with Crippen LogP contribution in [0.2, 0.25) is 0 Å². The van der Waals surface area contributed by atoms with Crippen LogP contribution in [-0.4, -0.2) is 25.9 Å². The van der Waals surface area contributed by atoms with Gasteiger partial charge in [-0.3, -0.25) is 4.79 Å². The van der Waals surface area contributed by atoms with Gasteiger partial charge >= 0.3 is 0 Å². The predicted octanol–water partition coefficient (Wildman–Crippen LogP) is 5.02. The van der Waals surface area contributed by atoms with E-state index in [0.717, 1.165) is 36.7 Å². The molecule has 0 aromatic heterocycles. The molecule has 0 radical (unpaired) electrons. The molecule has 0 atom stereocenters. The number of unbranched alkanes of at least 4 members (excludes halogenated alkanes) is 5. The molecule has 1 aromatic carbocycles. The number of carbonyl (C=O) groups is 1. The van der Waals surface area contributed by atoms with E-state index in [1.165, 1.54) is 25.7 Å². The van der Waals surface area contributed by atoms with Crippen LogP contribution < -0.4 is 19.5 Å². The summed E-state index contributed by atoms with van der Waals surface area (Å²) in [6.45, 7) is 5.89. The van der Waals surface area contributed by atoms with Crippen molar-refractivity contribution in [1.29, 1.82) is 0 Å². The Morgan fingerprint density at radius 1 is 1.11 bits per heavy atom. The van der Waals surface area contributed by atoms with Crippen LogP contribution in [0.5, 0.6) is 17.2 Å². The normalized spacial score (nSPS) is 13.0. The Kier molecular flexibility index (Phi) is 10.0. The third-order valence-electron chi connectivity index (χ3n) is 4.31. The average molecular weight is 388 g/mol. The van der Waals surface area contributed by atoms with Gasteiger partial charge in [0.2, 0.25) is 12.7 Å². The van der Waals surface area contributed by atoms with Crippen LogP contribution in [0.25, 0.3) is 0 Å². The Hall–Kier alpha value is -2.43. The van der Waals surface area contributed by atoms with Crippen LogP contribution in [0.4, 0.5) is 0 Å². The topological polar surface area (TPSA) is 56.8 Å². The summed E-state index contributed by atoms with van der Waals surface area (Å²) in [4.78, 5) is 11.5. The standard InChI is InChI=1S/C23H33NO4/c1-19(2)17-24-23(25)12-10-8-6-4-3-5-7-9-11-15-26-20-13-14-21-22(16-20)28-18-27-21/h6,8,10,12-14,16,19H,3-5,7,9,11,15,17-18H2,1-2H3,(H,24,25)/b8-6+,12-10+. The first-order chi connectivity index (χ1) is 13.6. The number of amides is 1. The number of carbonyl (C=O) groups excluding carboxylic acids is 1. The van der Waals surface area contributed by atoms with Crippen molar-refractivity contribution in [3.8, 4) is 17.2 Å². The van der Waals surface area contributed by atoms with E-state index in [0.29, 0.717) is 12.5 Å². The summed E-state index contributed by atoms with van der Waals surface area (Å²) in [6, 6.07) is 5.69. The number of fused-ring (bicyclic) bond motifs is 1. The van der Waals surface area contributed by atoms with Gasteiger partial charge in [-0.1, -0.05) is 51.3 Å². The molecule has 2 rings (SSSR count). The van der Waals surface area contributed by atoms with E-state index in [1.807, 2.05) is 30.4 Å². The van der Waals surface area contributed by atoms with Crippen LogP contribution in [-0.2, 0) is 4.79 Å². The highest BCUT2D eigenvalue weighted by Gasteiger charge is 2.13. The van der Waals surface area contributed by atoms with Gasteiger partial charge in [-0.2, -0.15) is 0 Å². The Balaban J connectivity index is 1.42. The van der Waals surface area contributed by atoms with Gasteiger partial charge in [-0.25, -0.2) is 0 Å². The molecule has 1 amide bonds. The third-order valence-corrected chi connectivity index (χ3v) is 4.31. The molecule has 0 bridgehead atoms. The van der Waals surface area contributed by atoms with E-state index in [-0.39, 0.29) is 12.7 Å². The molecule has 1 N–H and O–H groups in total. The van der Waals surface area contributed by atoms with Gasteiger partial charge in [0, 0.05) is 18.7 Å². The van der Waals surface area contributed by atoms with Gasteiger partial charge in [0.1, 0.15) is 5.75 Å².